The predicted octanol–water partition coefficient (Wildman–Crippen LogP) is 5.74. The average molecular weight is 605 g/mol. The van der Waals surface area contributed by atoms with Crippen LogP contribution in [0, 0.1) is 6.92 Å². The van der Waals surface area contributed by atoms with Crippen LogP contribution < -0.4 is 15.0 Å². The number of halogens is 1. The van der Waals surface area contributed by atoms with Gasteiger partial charge in [0.2, 0.25) is 0 Å². The van der Waals surface area contributed by atoms with Gasteiger partial charge in [-0.3, -0.25) is 4.90 Å². The van der Waals surface area contributed by atoms with Crippen LogP contribution >= 0.6 is 11.6 Å². The van der Waals surface area contributed by atoms with Gasteiger partial charge < -0.3 is 19.5 Å². The third kappa shape index (κ3) is 6.29. The van der Waals surface area contributed by atoms with Gasteiger partial charge in [-0.1, -0.05) is 61.7 Å². The number of likely N-dealkylation sites (N-methyl/N-ethyl adjacent to an activating group) is 1. The summed E-state index contributed by atoms with van der Waals surface area (Å²) in [6.45, 7) is 11.5. The molecule has 0 saturated carbocycles. The van der Waals surface area contributed by atoms with E-state index in [1.165, 1.54) is 16.7 Å². The first-order valence-corrected chi connectivity index (χ1v) is 15.8. The van der Waals surface area contributed by atoms with Crippen molar-refractivity contribution in [3.05, 3.63) is 74.6 Å². The van der Waals surface area contributed by atoms with Crippen LogP contribution in [0.2, 0.25) is 0 Å². The maximum absolute atomic E-state index is 7.28. The van der Waals surface area contributed by atoms with Crippen molar-refractivity contribution in [3.63, 3.8) is 0 Å². The van der Waals surface area contributed by atoms with Gasteiger partial charge in [0.15, 0.2) is 5.82 Å². The van der Waals surface area contributed by atoms with Crippen LogP contribution in [-0.2, 0) is 26.4 Å². The van der Waals surface area contributed by atoms with Gasteiger partial charge in [-0.25, -0.2) is 0 Å². The minimum absolute atomic E-state index is 0.248. The highest BCUT2D eigenvalue weighted by Crippen LogP contribution is 2.38. The van der Waals surface area contributed by atoms with Gasteiger partial charge in [-0.05, 0) is 51.3 Å². The van der Waals surface area contributed by atoms with Gasteiger partial charge >= 0.3 is 6.01 Å². The van der Waals surface area contributed by atoms with Gasteiger partial charge in [0.25, 0.3) is 0 Å². The maximum atomic E-state index is 7.28. The number of ether oxygens (including phenoxy) is 1. The Morgan fingerprint density at radius 3 is 2.60 bits per heavy atom. The molecule has 230 valence electrons. The fourth-order valence-corrected chi connectivity index (χ4v) is 6.55. The summed E-state index contributed by atoms with van der Waals surface area (Å²) in [6, 6.07) is 9.49. The number of hydrogen-bond acceptors (Lipinski definition) is 8. The van der Waals surface area contributed by atoms with E-state index in [1.54, 1.807) is 7.11 Å². The normalized spacial score (nSPS) is 19.3. The average Bonchev–Trinajstić information content (AvgIpc) is 3.19. The monoisotopic (exact) mass is 604 g/mol. The summed E-state index contributed by atoms with van der Waals surface area (Å²) in [7, 11) is 5.84. The third-order valence-corrected chi connectivity index (χ3v) is 9.26. The zero-order valence-corrected chi connectivity index (χ0v) is 27.4. The number of rotatable bonds is 8. The van der Waals surface area contributed by atoms with E-state index in [4.69, 9.17) is 26.3 Å². The molecular formula is C33H45ClN8O. The molecule has 1 unspecified atom stereocenters. The predicted molar refractivity (Wildman–Crippen MR) is 173 cm³/mol. The maximum Gasteiger partial charge on any atom is 0.318 e. The number of nitrogens with one attached hydrogen (secondary N) is 1. The molecule has 43 heavy (non-hydrogen) atoms. The number of fused-ring (bicyclic) bond motifs is 1. The number of methoxy groups -OCH3 is 1. The van der Waals surface area contributed by atoms with Crippen molar-refractivity contribution in [2.45, 2.75) is 72.4 Å². The Bertz CT molecular complexity index is 1530. The fourth-order valence-electron chi connectivity index (χ4n) is 6.17. The van der Waals surface area contributed by atoms with Crippen LogP contribution in [0.4, 0.5) is 5.82 Å². The molecule has 1 N–H and O–H groups in total. The van der Waals surface area contributed by atoms with Crippen molar-refractivity contribution in [1.82, 2.24) is 34.9 Å². The van der Waals surface area contributed by atoms with E-state index in [0.717, 1.165) is 91.7 Å². The molecule has 3 aromatic rings. The van der Waals surface area contributed by atoms with E-state index in [9.17, 15) is 0 Å². The largest absolute Gasteiger partial charge is 0.467 e. The molecule has 5 rings (SSSR count). The highest BCUT2D eigenvalue weighted by atomic mass is 35.5. The van der Waals surface area contributed by atoms with Crippen molar-refractivity contribution in [2.75, 3.05) is 38.7 Å². The summed E-state index contributed by atoms with van der Waals surface area (Å²) in [5.74, 6) is 2.55. The molecular weight excluding hydrogens is 560 g/mol. The van der Waals surface area contributed by atoms with Crippen molar-refractivity contribution >= 4 is 23.0 Å². The van der Waals surface area contributed by atoms with Gasteiger partial charge in [0.05, 0.1) is 30.1 Å². The molecule has 2 aliphatic rings. The smallest absolute Gasteiger partial charge is 0.318 e. The van der Waals surface area contributed by atoms with Gasteiger partial charge in [0.1, 0.15) is 11.6 Å². The van der Waals surface area contributed by atoms with E-state index in [2.05, 4.69) is 77.4 Å². The Kier molecular flexibility index (Phi) is 9.72. The lowest BCUT2D eigenvalue weighted by Crippen LogP contribution is -2.36. The summed E-state index contributed by atoms with van der Waals surface area (Å²) in [6.07, 6.45) is 4.81. The van der Waals surface area contributed by atoms with Crippen LogP contribution in [0.25, 0.3) is 5.57 Å². The topological polar surface area (TPSA) is 84.2 Å². The zero-order valence-electron chi connectivity index (χ0n) is 26.7. The Morgan fingerprint density at radius 1 is 1.12 bits per heavy atom. The van der Waals surface area contributed by atoms with Crippen molar-refractivity contribution < 1.29 is 4.74 Å². The molecule has 4 heterocycles. The minimum atomic E-state index is 0.248. The Morgan fingerprint density at radius 2 is 1.91 bits per heavy atom. The van der Waals surface area contributed by atoms with Crippen LogP contribution in [-0.4, -0.2) is 63.4 Å². The standard InChI is InChI=1S/C33H45ClN8O/c1-8-13-23-14-10-11-15-24(23)28-18-26-25(19-40(28)5)31(37-33(36-26)43-7)42-17-12-16-35-27(20-42)30(34)29(21(3)9-2)32-39-38-22(4)41(32)6/h10-11,14-15,28,35H,8-9,12-13,16-20H2,1-7H3/b29-21-,30-27+. The fraction of sp³-hybridized carbons (Fsp3) is 0.515. The van der Waals surface area contributed by atoms with Crippen molar-refractivity contribution in [2.24, 2.45) is 7.05 Å². The number of aryl methyl sites for hydroxylation is 2. The van der Waals surface area contributed by atoms with E-state index >= 15 is 0 Å². The number of allylic oxidation sites excluding steroid dienone is 3. The van der Waals surface area contributed by atoms with E-state index in [0.29, 0.717) is 17.6 Å². The SMILES string of the molecule is CCCc1ccccc1C1Cc2nc(OC)nc(N3CCCN/C(=C(Cl)\C(=C(/C)CC)c4nnc(C)n4C)C3)c2CN1C. The number of nitrogens with zero attached hydrogens (tertiary/aromatic N) is 7. The van der Waals surface area contributed by atoms with Crippen LogP contribution in [0.1, 0.15) is 80.1 Å². The number of hydrogen-bond donors (Lipinski definition) is 1. The summed E-state index contributed by atoms with van der Waals surface area (Å²) in [4.78, 5) is 14.6. The molecule has 0 radical (unpaired) electrons. The minimum Gasteiger partial charge on any atom is -0.467 e. The highest BCUT2D eigenvalue weighted by molar-refractivity contribution is 6.37. The number of benzene rings is 1. The molecule has 2 aromatic heterocycles. The van der Waals surface area contributed by atoms with Crippen molar-refractivity contribution in [3.8, 4) is 6.01 Å². The van der Waals surface area contributed by atoms with Gasteiger partial charge in [-0.2, -0.15) is 9.97 Å². The first-order chi connectivity index (χ1) is 20.8. The second kappa shape index (κ2) is 13.5. The molecule has 1 saturated heterocycles. The quantitative estimate of drug-likeness (QED) is 0.349. The molecule has 0 bridgehead atoms. The molecule has 9 nitrogen and oxygen atoms in total. The van der Waals surface area contributed by atoms with Crippen LogP contribution in [0.3, 0.4) is 0 Å². The molecule has 1 fully saturated rings. The third-order valence-electron chi connectivity index (χ3n) is 8.84. The van der Waals surface area contributed by atoms with Crippen molar-refractivity contribution in [1.29, 1.82) is 0 Å². The highest BCUT2D eigenvalue weighted by Gasteiger charge is 2.32. The van der Waals surface area contributed by atoms with Gasteiger partial charge in [-0.15, -0.1) is 10.2 Å². The molecule has 1 aromatic carbocycles. The summed E-state index contributed by atoms with van der Waals surface area (Å²) >= 11 is 7.28. The Labute approximate surface area is 261 Å². The molecule has 0 amide bonds. The summed E-state index contributed by atoms with van der Waals surface area (Å²) < 4.78 is 7.67. The Balaban J connectivity index is 1.54. The second-order valence-electron chi connectivity index (χ2n) is 11.7. The molecule has 0 aliphatic carbocycles. The lowest BCUT2D eigenvalue weighted by Gasteiger charge is -2.37. The summed E-state index contributed by atoms with van der Waals surface area (Å²) in [5.41, 5.74) is 8.09. The summed E-state index contributed by atoms with van der Waals surface area (Å²) in [5, 5.41) is 13.1. The first-order valence-electron chi connectivity index (χ1n) is 15.4. The lowest BCUT2D eigenvalue weighted by molar-refractivity contribution is 0.212. The second-order valence-corrected chi connectivity index (χ2v) is 12.1. The van der Waals surface area contributed by atoms with Crippen LogP contribution in [0.5, 0.6) is 6.01 Å². The molecule has 0 spiro atoms. The Hall–Kier alpha value is -3.43. The van der Waals surface area contributed by atoms with Crippen LogP contribution in [0.15, 0.2) is 40.6 Å². The zero-order chi connectivity index (χ0) is 30.7. The number of anilines is 1. The van der Waals surface area contributed by atoms with Gasteiger partial charge in [0, 0.05) is 50.3 Å². The molecule has 1 atom stereocenters. The molecule has 10 heteroatoms. The van der Waals surface area contributed by atoms with E-state index in [-0.39, 0.29) is 6.04 Å². The molecule has 2 aliphatic heterocycles. The lowest BCUT2D eigenvalue weighted by atomic mass is 9.89. The number of aromatic nitrogens is 5. The van der Waals surface area contributed by atoms with E-state index < -0.39 is 0 Å². The van der Waals surface area contributed by atoms with E-state index in [1.807, 2.05) is 18.5 Å². The first kappa shape index (κ1) is 31.0.